The summed E-state index contributed by atoms with van der Waals surface area (Å²) in [6.45, 7) is 1.49. The summed E-state index contributed by atoms with van der Waals surface area (Å²) in [5.41, 5.74) is 7.78. The van der Waals surface area contributed by atoms with E-state index in [4.69, 9.17) is 19.3 Å². The number of hydrogen-bond acceptors (Lipinski definition) is 7. The van der Waals surface area contributed by atoms with E-state index < -0.39 is 37.9 Å². The molecule has 4 rings (SSSR count). The lowest BCUT2D eigenvalue weighted by molar-refractivity contribution is -0.0271. The Hall–Kier alpha value is -2.03. The van der Waals surface area contributed by atoms with Gasteiger partial charge in [0.25, 0.3) is 5.56 Å². The molecule has 1 aromatic heterocycles. The maximum Gasteiger partial charge on any atom is 0.698 e. The average Bonchev–Trinajstić information content (AvgIpc) is 3.38. The van der Waals surface area contributed by atoms with Crippen molar-refractivity contribution in [2.75, 3.05) is 6.61 Å². The Morgan fingerprint density at radius 3 is 2.86 bits per heavy atom. The fraction of sp³-hybridized carbons (Fsp3) is 0.765. The first-order chi connectivity index (χ1) is 13.9. The van der Waals surface area contributed by atoms with E-state index in [2.05, 4.69) is 15.0 Å². The van der Waals surface area contributed by atoms with E-state index >= 15 is 0 Å². The monoisotopic (exact) mass is 424 g/mol. The van der Waals surface area contributed by atoms with Crippen LogP contribution < -0.4 is 11.2 Å². The van der Waals surface area contributed by atoms with E-state index in [0.717, 1.165) is 32.1 Å². The largest absolute Gasteiger partial charge is 0.698 e. The minimum absolute atomic E-state index is 0.0913. The van der Waals surface area contributed by atoms with Gasteiger partial charge in [0.2, 0.25) is 0 Å². The molecule has 1 saturated heterocycles. The van der Waals surface area contributed by atoms with Gasteiger partial charge in [0.1, 0.15) is 18.4 Å². The Morgan fingerprint density at radius 1 is 1.45 bits per heavy atom. The van der Waals surface area contributed by atoms with Crippen molar-refractivity contribution in [2.24, 2.45) is 11.0 Å². The molecule has 2 aliphatic carbocycles. The van der Waals surface area contributed by atoms with Crippen molar-refractivity contribution >= 4 is 8.25 Å². The number of ether oxygens (including phenoxy) is 1. The maximum atomic E-state index is 12.3. The molecule has 1 aliphatic heterocycles. The minimum atomic E-state index is -2.33. The summed E-state index contributed by atoms with van der Waals surface area (Å²) in [7, 11) is -2.33. The van der Waals surface area contributed by atoms with Gasteiger partial charge in [0, 0.05) is 27.7 Å². The average molecular weight is 424 g/mol. The van der Waals surface area contributed by atoms with E-state index in [9.17, 15) is 14.2 Å². The third-order valence-corrected chi connectivity index (χ3v) is 7.05. The first kappa shape index (κ1) is 20.3. The number of aryl methyl sites for hydroxylation is 1. The van der Waals surface area contributed by atoms with Crippen LogP contribution in [0.5, 0.6) is 0 Å². The van der Waals surface area contributed by atoms with Crippen LogP contribution >= 0.6 is 8.25 Å². The summed E-state index contributed by atoms with van der Waals surface area (Å²) in [4.78, 5) is 28.7. The van der Waals surface area contributed by atoms with E-state index in [1.54, 1.807) is 6.92 Å². The second-order valence-electron chi connectivity index (χ2n) is 8.06. The predicted molar refractivity (Wildman–Crippen MR) is 101 cm³/mol. The van der Waals surface area contributed by atoms with E-state index in [1.165, 1.54) is 10.8 Å². The molecule has 3 aliphatic rings. The molecule has 0 aromatic carbocycles. The van der Waals surface area contributed by atoms with Crippen LogP contribution in [0.1, 0.15) is 50.3 Å². The standard InChI is InChI=1S/C17H22N5O6P/c1-10-8-22(16(24)19-15(10)23)14-6-12(20-21-18)13(27-14)9-26-29(25)28-17-4-2-11(7-17)3-5-17/h8,11-14H,2-7,9H2,1H3/p+1/t11?,12-,13+,14+,17?/m0/s1. The molecular formula is C17H23N5O6P+. The van der Waals surface area contributed by atoms with Gasteiger partial charge < -0.3 is 4.74 Å². The SMILES string of the molecule is Cc1cn([C@H]2C[C@H](N=[N+]=[N-])[C@@H](CO[P+](=O)OC34CCC(CC3)C4)O2)c(=O)[nH]c1=O. The van der Waals surface area contributed by atoms with Gasteiger partial charge in [-0.05, 0) is 50.5 Å². The Labute approximate surface area is 166 Å². The highest BCUT2D eigenvalue weighted by Gasteiger charge is 2.52. The van der Waals surface area contributed by atoms with Crippen molar-refractivity contribution in [3.63, 3.8) is 0 Å². The van der Waals surface area contributed by atoms with E-state index in [1.807, 2.05) is 0 Å². The van der Waals surface area contributed by atoms with Gasteiger partial charge in [-0.2, -0.15) is 0 Å². The van der Waals surface area contributed by atoms with Gasteiger partial charge in [-0.3, -0.25) is 14.3 Å². The van der Waals surface area contributed by atoms with E-state index in [-0.39, 0.29) is 18.6 Å². The van der Waals surface area contributed by atoms with Crippen molar-refractivity contribution in [3.05, 3.63) is 43.0 Å². The van der Waals surface area contributed by atoms with Crippen molar-refractivity contribution in [1.29, 1.82) is 0 Å². The molecule has 1 N–H and O–H groups in total. The molecule has 29 heavy (non-hydrogen) atoms. The maximum absolute atomic E-state index is 12.3. The Balaban J connectivity index is 1.40. The minimum Gasteiger partial charge on any atom is -0.352 e. The zero-order chi connectivity index (χ0) is 20.6. The number of nitrogens with one attached hydrogen (secondary N) is 1. The number of aromatic amines is 1. The van der Waals surface area contributed by atoms with Crippen LogP contribution in [-0.4, -0.2) is 33.9 Å². The highest BCUT2D eigenvalue weighted by molar-refractivity contribution is 7.33. The molecular weight excluding hydrogens is 401 g/mol. The van der Waals surface area contributed by atoms with E-state index in [0.29, 0.717) is 11.5 Å². The van der Waals surface area contributed by atoms with Crippen molar-refractivity contribution in [3.8, 4) is 0 Å². The highest BCUT2D eigenvalue weighted by Crippen LogP contribution is 2.53. The predicted octanol–water partition coefficient (Wildman–Crippen LogP) is 2.83. The van der Waals surface area contributed by atoms with Gasteiger partial charge in [-0.15, -0.1) is 9.05 Å². The van der Waals surface area contributed by atoms with Crippen molar-refractivity contribution in [1.82, 2.24) is 9.55 Å². The normalized spacial score (nSPS) is 33.6. The summed E-state index contributed by atoms with van der Waals surface area (Å²) in [5, 5.41) is 3.72. The quantitative estimate of drug-likeness (QED) is 0.308. The molecule has 0 spiro atoms. The number of azide groups is 1. The summed E-state index contributed by atoms with van der Waals surface area (Å²) in [6.07, 6.45) is 5.15. The number of rotatable bonds is 7. The molecule has 0 amide bonds. The molecule has 1 unspecified atom stereocenters. The van der Waals surface area contributed by atoms with Gasteiger partial charge in [0.15, 0.2) is 0 Å². The van der Waals surface area contributed by atoms with Crippen LogP contribution in [0.3, 0.4) is 0 Å². The smallest absolute Gasteiger partial charge is 0.352 e. The third kappa shape index (κ3) is 4.15. The first-order valence-electron chi connectivity index (χ1n) is 9.70. The Kier molecular flexibility index (Phi) is 5.59. The lowest BCUT2D eigenvalue weighted by atomic mass is 9.98. The molecule has 2 saturated carbocycles. The first-order valence-corrected chi connectivity index (χ1v) is 10.8. The summed E-state index contributed by atoms with van der Waals surface area (Å²) >= 11 is 0. The van der Waals surface area contributed by atoms with Gasteiger partial charge in [-0.1, -0.05) is 5.11 Å². The fourth-order valence-corrected chi connectivity index (χ4v) is 5.50. The number of fused-ring (bicyclic) bond motifs is 2. The van der Waals surface area contributed by atoms with Gasteiger partial charge in [0.05, 0.1) is 12.1 Å². The number of hydrogen-bond donors (Lipinski definition) is 1. The van der Waals surface area contributed by atoms with Gasteiger partial charge in [-0.25, -0.2) is 4.79 Å². The Bertz CT molecular complexity index is 962. The number of aromatic nitrogens is 2. The van der Waals surface area contributed by atoms with Crippen molar-refractivity contribution < 1.29 is 18.3 Å². The van der Waals surface area contributed by atoms with Crippen LogP contribution in [0.2, 0.25) is 0 Å². The second-order valence-corrected chi connectivity index (χ2v) is 8.94. The van der Waals surface area contributed by atoms with Crippen LogP contribution in [0.25, 0.3) is 10.4 Å². The molecule has 12 heteroatoms. The van der Waals surface area contributed by atoms with Gasteiger partial charge >= 0.3 is 13.9 Å². The second kappa shape index (κ2) is 8.01. The number of H-pyrrole nitrogens is 1. The summed E-state index contributed by atoms with van der Waals surface area (Å²) in [6, 6.07) is -0.604. The summed E-state index contributed by atoms with van der Waals surface area (Å²) < 4.78 is 30.6. The summed E-state index contributed by atoms with van der Waals surface area (Å²) in [5.74, 6) is 0.658. The Morgan fingerprint density at radius 2 is 2.21 bits per heavy atom. The molecule has 4 atom stereocenters. The van der Waals surface area contributed by atoms with Crippen LogP contribution in [0, 0.1) is 12.8 Å². The molecule has 0 radical (unpaired) electrons. The molecule has 3 fully saturated rings. The molecule has 156 valence electrons. The van der Waals surface area contributed by atoms with Crippen LogP contribution in [0.4, 0.5) is 0 Å². The zero-order valence-electron chi connectivity index (χ0n) is 16.0. The lowest BCUT2D eigenvalue weighted by Gasteiger charge is -2.18. The number of nitrogens with zero attached hydrogens (tertiary/aromatic N) is 4. The highest BCUT2D eigenvalue weighted by atomic mass is 31.1. The fourth-order valence-electron chi connectivity index (χ4n) is 4.61. The topological polar surface area (TPSA) is 148 Å². The lowest BCUT2D eigenvalue weighted by Crippen LogP contribution is -2.33. The van der Waals surface area contributed by atoms with Crippen LogP contribution in [0.15, 0.2) is 20.9 Å². The zero-order valence-corrected chi connectivity index (χ0v) is 16.9. The molecule has 11 nitrogen and oxygen atoms in total. The third-order valence-electron chi connectivity index (χ3n) is 6.15. The molecule has 2 heterocycles. The van der Waals surface area contributed by atoms with Crippen LogP contribution in [-0.2, 0) is 18.3 Å². The molecule has 2 bridgehead atoms. The van der Waals surface area contributed by atoms with Crippen molar-refractivity contribution in [2.45, 2.75) is 69.4 Å². The molecule has 1 aromatic rings.